The van der Waals surface area contributed by atoms with Gasteiger partial charge in [-0.05, 0) is 31.5 Å². The highest BCUT2D eigenvalue weighted by Gasteiger charge is 2.23. The fourth-order valence-corrected chi connectivity index (χ4v) is 3.04. The molecule has 126 valence electrons. The first-order valence-corrected chi connectivity index (χ1v) is 8.39. The molecule has 0 fully saturated rings. The Morgan fingerprint density at radius 2 is 1.91 bits per heavy atom. The largest absolute Gasteiger partial charge is 0.495 e. The summed E-state index contributed by atoms with van der Waals surface area (Å²) in [5, 5.41) is 2.48. The molecular formula is C15H20N2O5S. The van der Waals surface area contributed by atoms with Gasteiger partial charge in [-0.25, -0.2) is 13.1 Å². The van der Waals surface area contributed by atoms with Crippen LogP contribution in [-0.4, -0.2) is 27.3 Å². The summed E-state index contributed by atoms with van der Waals surface area (Å²) in [6, 6.07) is 4.14. The van der Waals surface area contributed by atoms with E-state index in [2.05, 4.69) is 5.32 Å². The zero-order valence-corrected chi connectivity index (χ0v) is 14.3. The molecule has 1 rings (SSSR count). The smallest absolute Gasteiger partial charge is 0.268 e. The number of hydrogen-bond acceptors (Lipinski definition) is 5. The first-order valence-electron chi connectivity index (χ1n) is 6.90. The summed E-state index contributed by atoms with van der Waals surface area (Å²) in [5.41, 5.74) is 0.583. The van der Waals surface area contributed by atoms with Gasteiger partial charge in [0.25, 0.3) is 15.9 Å². The molecule has 0 aliphatic carbocycles. The predicted molar refractivity (Wildman–Crippen MR) is 86.7 cm³/mol. The average Bonchev–Trinajstić information content (AvgIpc) is 2.46. The first kappa shape index (κ1) is 18.7. The molecule has 0 aliphatic rings. The molecule has 0 aliphatic heterocycles. The Kier molecular flexibility index (Phi) is 6.32. The fraction of sp³-hybridized carbons (Fsp3) is 0.333. The van der Waals surface area contributed by atoms with Crippen molar-refractivity contribution >= 4 is 27.5 Å². The number of rotatable bonds is 6. The van der Waals surface area contributed by atoms with Crippen molar-refractivity contribution in [3.8, 4) is 5.75 Å². The molecule has 2 amide bonds. The SMILES string of the molecule is CCC=C(C)C(=O)NS(=O)(=O)c1cc(NC(C)=O)ccc1OC. The van der Waals surface area contributed by atoms with Crippen molar-refractivity contribution in [2.45, 2.75) is 32.1 Å². The number of carbonyl (C=O) groups excluding carboxylic acids is 2. The van der Waals surface area contributed by atoms with Crippen molar-refractivity contribution in [1.82, 2.24) is 4.72 Å². The van der Waals surface area contributed by atoms with E-state index in [0.29, 0.717) is 12.0 Å². The van der Waals surface area contributed by atoms with Crippen LogP contribution in [0.1, 0.15) is 27.2 Å². The first-order chi connectivity index (χ1) is 10.7. The topological polar surface area (TPSA) is 102 Å². The van der Waals surface area contributed by atoms with Gasteiger partial charge in [-0.2, -0.15) is 0 Å². The van der Waals surface area contributed by atoms with E-state index < -0.39 is 15.9 Å². The molecule has 0 aromatic heterocycles. The van der Waals surface area contributed by atoms with Gasteiger partial charge in [-0.1, -0.05) is 13.0 Å². The van der Waals surface area contributed by atoms with Crippen LogP contribution in [0.3, 0.4) is 0 Å². The van der Waals surface area contributed by atoms with Gasteiger partial charge in [0, 0.05) is 18.2 Å². The lowest BCUT2D eigenvalue weighted by molar-refractivity contribution is -0.116. The second kappa shape index (κ2) is 7.77. The molecule has 7 nitrogen and oxygen atoms in total. The number of benzene rings is 1. The van der Waals surface area contributed by atoms with Crippen LogP contribution in [0.15, 0.2) is 34.7 Å². The Balaban J connectivity index is 3.22. The van der Waals surface area contributed by atoms with Crippen molar-refractivity contribution in [3.63, 3.8) is 0 Å². The van der Waals surface area contributed by atoms with Crippen LogP contribution in [0.5, 0.6) is 5.75 Å². The Morgan fingerprint density at radius 1 is 1.26 bits per heavy atom. The minimum atomic E-state index is -4.14. The maximum atomic E-state index is 12.4. The van der Waals surface area contributed by atoms with E-state index >= 15 is 0 Å². The van der Waals surface area contributed by atoms with Crippen molar-refractivity contribution < 1.29 is 22.7 Å². The van der Waals surface area contributed by atoms with E-state index in [4.69, 9.17) is 4.74 Å². The van der Waals surface area contributed by atoms with E-state index in [-0.39, 0.29) is 22.2 Å². The van der Waals surface area contributed by atoms with Crippen LogP contribution >= 0.6 is 0 Å². The van der Waals surface area contributed by atoms with E-state index in [1.165, 1.54) is 39.2 Å². The minimum absolute atomic E-state index is 0.0662. The monoisotopic (exact) mass is 340 g/mol. The number of sulfonamides is 1. The maximum absolute atomic E-state index is 12.4. The molecule has 0 saturated carbocycles. The third-order valence-corrected chi connectivity index (χ3v) is 4.22. The molecule has 8 heteroatoms. The Labute approximate surface area is 135 Å². The zero-order chi connectivity index (χ0) is 17.6. The molecule has 0 radical (unpaired) electrons. The Bertz CT molecular complexity index is 738. The lowest BCUT2D eigenvalue weighted by Crippen LogP contribution is -2.31. The highest BCUT2D eigenvalue weighted by Crippen LogP contribution is 2.27. The summed E-state index contributed by atoms with van der Waals surface area (Å²) in [5.74, 6) is -0.986. The number of hydrogen-bond donors (Lipinski definition) is 2. The quantitative estimate of drug-likeness (QED) is 0.769. The normalized spacial score (nSPS) is 11.7. The average molecular weight is 340 g/mol. The standard InChI is InChI=1S/C15H20N2O5S/c1-5-6-10(2)15(19)17-23(20,21)14-9-12(16-11(3)18)7-8-13(14)22-4/h6-9H,5H2,1-4H3,(H,16,18)(H,17,19). The van der Waals surface area contributed by atoms with Crippen LogP contribution in [-0.2, 0) is 19.6 Å². The van der Waals surface area contributed by atoms with Gasteiger partial charge >= 0.3 is 0 Å². The third kappa shape index (κ3) is 5.10. The highest BCUT2D eigenvalue weighted by atomic mass is 32.2. The molecule has 0 saturated heterocycles. The molecule has 0 unspecified atom stereocenters. The van der Waals surface area contributed by atoms with Crippen molar-refractivity contribution in [2.24, 2.45) is 0 Å². The van der Waals surface area contributed by atoms with E-state index in [1.54, 1.807) is 6.08 Å². The van der Waals surface area contributed by atoms with Crippen molar-refractivity contribution in [2.75, 3.05) is 12.4 Å². The van der Waals surface area contributed by atoms with Gasteiger partial charge in [-0.3, -0.25) is 9.59 Å². The zero-order valence-electron chi connectivity index (χ0n) is 13.5. The summed E-state index contributed by atoms with van der Waals surface area (Å²) in [4.78, 5) is 22.8. The summed E-state index contributed by atoms with van der Waals surface area (Å²) in [6.45, 7) is 4.67. The number of methoxy groups -OCH3 is 1. The highest BCUT2D eigenvalue weighted by molar-refractivity contribution is 7.90. The molecule has 0 spiro atoms. The molecule has 1 aromatic rings. The summed E-state index contributed by atoms with van der Waals surface area (Å²) in [6.07, 6.45) is 2.23. The van der Waals surface area contributed by atoms with Crippen molar-refractivity contribution in [1.29, 1.82) is 0 Å². The molecule has 2 N–H and O–H groups in total. The van der Waals surface area contributed by atoms with Gasteiger partial charge < -0.3 is 10.1 Å². The molecular weight excluding hydrogens is 320 g/mol. The maximum Gasteiger partial charge on any atom is 0.268 e. The number of nitrogens with one attached hydrogen (secondary N) is 2. The number of anilines is 1. The number of ether oxygens (including phenoxy) is 1. The number of amides is 2. The summed E-state index contributed by atoms with van der Waals surface area (Å²) in [7, 11) is -2.82. The summed E-state index contributed by atoms with van der Waals surface area (Å²) < 4.78 is 31.8. The Hall–Kier alpha value is -2.35. The molecule has 23 heavy (non-hydrogen) atoms. The number of allylic oxidation sites excluding steroid dienone is 1. The molecule has 0 heterocycles. The van der Waals surface area contributed by atoms with Crippen LogP contribution < -0.4 is 14.8 Å². The lowest BCUT2D eigenvalue weighted by atomic mass is 10.2. The van der Waals surface area contributed by atoms with Crippen LogP contribution in [0.4, 0.5) is 5.69 Å². The fourth-order valence-electron chi connectivity index (χ4n) is 1.82. The summed E-state index contributed by atoms with van der Waals surface area (Å²) >= 11 is 0. The van der Waals surface area contributed by atoms with Crippen LogP contribution in [0.25, 0.3) is 0 Å². The van der Waals surface area contributed by atoms with Gasteiger partial charge in [0.2, 0.25) is 5.91 Å². The van der Waals surface area contributed by atoms with E-state index in [1.807, 2.05) is 11.6 Å². The van der Waals surface area contributed by atoms with Gasteiger partial charge in [0.15, 0.2) is 0 Å². The van der Waals surface area contributed by atoms with E-state index in [0.717, 1.165) is 0 Å². The van der Waals surface area contributed by atoms with Crippen LogP contribution in [0.2, 0.25) is 0 Å². The van der Waals surface area contributed by atoms with Crippen LogP contribution in [0, 0.1) is 0 Å². The predicted octanol–water partition coefficient (Wildman–Crippen LogP) is 1.81. The molecule has 0 bridgehead atoms. The minimum Gasteiger partial charge on any atom is -0.495 e. The van der Waals surface area contributed by atoms with Gasteiger partial charge in [-0.15, -0.1) is 0 Å². The molecule has 1 aromatic carbocycles. The van der Waals surface area contributed by atoms with Crippen molar-refractivity contribution in [3.05, 3.63) is 29.8 Å². The molecule has 0 atom stereocenters. The third-order valence-electron chi connectivity index (χ3n) is 2.87. The van der Waals surface area contributed by atoms with E-state index in [9.17, 15) is 18.0 Å². The second-order valence-electron chi connectivity index (χ2n) is 4.78. The second-order valence-corrected chi connectivity index (χ2v) is 6.43. The van der Waals surface area contributed by atoms with Gasteiger partial charge in [0.1, 0.15) is 10.6 Å². The van der Waals surface area contributed by atoms with Gasteiger partial charge in [0.05, 0.1) is 7.11 Å². The lowest BCUT2D eigenvalue weighted by Gasteiger charge is -2.12. The number of carbonyl (C=O) groups is 2. The Morgan fingerprint density at radius 3 is 2.43 bits per heavy atom.